The number of hydrogen-bond acceptors (Lipinski definition) is 4. The maximum absolute atomic E-state index is 5.08. The summed E-state index contributed by atoms with van der Waals surface area (Å²) in [5.74, 6) is 0.867. The Morgan fingerprint density at radius 1 is 1.07 bits per heavy atom. The van der Waals surface area contributed by atoms with Gasteiger partial charge in [0.1, 0.15) is 0 Å². The van der Waals surface area contributed by atoms with Gasteiger partial charge in [0.15, 0.2) is 5.96 Å². The third-order valence-electron chi connectivity index (χ3n) is 4.82. The lowest BCUT2D eigenvalue weighted by atomic mass is 10.1. The second-order valence-corrected chi connectivity index (χ2v) is 7.22. The van der Waals surface area contributed by atoms with Crippen molar-refractivity contribution in [1.82, 2.24) is 20.4 Å². The second-order valence-electron chi connectivity index (χ2n) is 7.22. The van der Waals surface area contributed by atoms with E-state index in [2.05, 4.69) is 63.7 Å². The lowest BCUT2D eigenvalue weighted by Gasteiger charge is -2.20. The Hall–Kier alpha value is -0.900. The van der Waals surface area contributed by atoms with Crippen LogP contribution in [0.2, 0.25) is 0 Å². The number of hydrogen-bond donors (Lipinski definition) is 2. The standard InChI is InChI=1S/C21H37N5O.HI/c1-4-22-21(23-11-5-16-27-3)24-17-19-7-9-20(10-8-19)18-26-13-6-12-25(2)14-15-26;/h7-10H,4-6,11-18H2,1-3H3,(H2,22,23,24);1H. The van der Waals surface area contributed by atoms with Crippen molar-refractivity contribution >= 4 is 29.9 Å². The molecule has 0 aromatic heterocycles. The highest BCUT2D eigenvalue weighted by molar-refractivity contribution is 14.0. The molecule has 0 unspecified atom stereocenters. The molecule has 1 heterocycles. The number of nitrogens with one attached hydrogen (secondary N) is 2. The fraction of sp³-hybridized carbons (Fsp3) is 0.667. The summed E-state index contributed by atoms with van der Waals surface area (Å²) < 4.78 is 5.08. The van der Waals surface area contributed by atoms with Crippen molar-refractivity contribution in [3.05, 3.63) is 35.4 Å². The van der Waals surface area contributed by atoms with E-state index in [4.69, 9.17) is 4.74 Å². The molecular formula is C21H38IN5O. The average molecular weight is 503 g/mol. The average Bonchev–Trinajstić information content (AvgIpc) is 2.88. The molecule has 0 amide bonds. The topological polar surface area (TPSA) is 52.1 Å². The quantitative estimate of drug-likeness (QED) is 0.235. The highest BCUT2D eigenvalue weighted by Crippen LogP contribution is 2.10. The summed E-state index contributed by atoms with van der Waals surface area (Å²) in [6, 6.07) is 8.91. The van der Waals surface area contributed by atoms with Crippen LogP contribution in [0.1, 0.15) is 30.9 Å². The van der Waals surface area contributed by atoms with Crippen LogP contribution in [-0.2, 0) is 17.8 Å². The van der Waals surface area contributed by atoms with E-state index in [0.29, 0.717) is 6.54 Å². The minimum Gasteiger partial charge on any atom is -0.385 e. The molecule has 1 aromatic carbocycles. The molecule has 0 atom stereocenters. The van der Waals surface area contributed by atoms with Gasteiger partial charge in [0.2, 0.25) is 0 Å². The Kier molecular flexibility index (Phi) is 13.5. The molecule has 0 saturated carbocycles. The van der Waals surface area contributed by atoms with E-state index in [1.807, 2.05) is 0 Å². The van der Waals surface area contributed by atoms with Crippen LogP contribution in [0.15, 0.2) is 29.3 Å². The first kappa shape index (κ1) is 25.1. The Labute approximate surface area is 188 Å². The van der Waals surface area contributed by atoms with Crippen LogP contribution in [0.5, 0.6) is 0 Å². The van der Waals surface area contributed by atoms with Crippen molar-refractivity contribution in [2.45, 2.75) is 32.9 Å². The van der Waals surface area contributed by atoms with Crippen LogP contribution in [0.25, 0.3) is 0 Å². The van der Waals surface area contributed by atoms with Gasteiger partial charge in [0.05, 0.1) is 6.54 Å². The van der Waals surface area contributed by atoms with Gasteiger partial charge in [0, 0.05) is 46.4 Å². The molecule has 1 aromatic rings. The molecule has 7 heteroatoms. The number of rotatable bonds is 9. The number of likely N-dealkylation sites (N-methyl/N-ethyl adjacent to an activating group) is 1. The molecule has 1 aliphatic rings. The van der Waals surface area contributed by atoms with E-state index in [1.54, 1.807) is 7.11 Å². The normalized spacial score (nSPS) is 16.3. The zero-order valence-corrected chi connectivity index (χ0v) is 20.1. The van der Waals surface area contributed by atoms with Gasteiger partial charge in [-0.3, -0.25) is 4.90 Å². The predicted octanol–water partition coefficient (Wildman–Crippen LogP) is 2.53. The second kappa shape index (κ2) is 15.0. The van der Waals surface area contributed by atoms with E-state index in [-0.39, 0.29) is 24.0 Å². The van der Waals surface area contributed by atoms with Gasteiger partial charge >= 0.3 is 0 Å². The highest BCUT2D eigenvalue weighted by atomic mass is 127. The van der Waals surface area contributed by atoms with E-state index in [9.17, 15) is 0 Å². The highest BCUT2D eigenvalue weighted by Gasteiger charge is 2.12. The number of aliphatic imine (C=N–C) groups is 1. The monoisotopic (exact) mass is 503 g/mol. The van der Waals surface area contributed by atoms with E-state index < -0.39 is 0 Å². The lowest BCUT2D eigenvalue weighted by molar-refractivity contribution is 0.195. The third kappa shape index (κ3) is 10.0. The zero-order valence-electron chi connectivity index (χ0n) is 17.7. The van der Waals surface area contributed by atoms with Crippen molar-refractivity contribution in [2.24, 2.45) is 4.99 Å². The molecule has 0 bridgehead atoms. The fourth-order valence-corrected chi connectivity index (χ4v) is 3.20. The minimum atomic E-state index is 0. The van der Waals surface area contributed by atoms with E-state index >= 15 is 0 Å². The number of guanidine groups is 1. The van der Waals surface area contributed by atoms with Crippen LogP contribution >= 0.6 is 24.0 Å². The number of halogens is 1. The molecule has 1 saturated heterocycles. The molecule has 0 radical (unpaired) electrons. The first-order chi connectivity index (χ1) is 13.2. The summed E-state index contributed by atoms with van der Waals surface area (Å²) in [5.41, 5.74) is 2.63. The third-order valence-corrected chi connectivity index (χ3v) is 4.82. The van der Waals surface area contributed by atoms with Gasteiger partial charge in [0.25, 0.3) is 0 Å². The summed E-state index contributed by atoms with van der Waals surface area (Å²) in [4.78, 5) is 9.67. The van der Waals surface area contributed by atoms with Gasteiger partial charge in [-0.1, -0.05) is 24.3 Å². The summed E-state index contributed by atoms with van der Waals surface area (Å²) in [6.07, 6.45) is 2.23. The van der Waals surface area contributed by atoms with Gasteiger partial charge in [-0.05, 0) is 51.0 Å². The van der Waals surface area contributed by atoms with E-state index in [1.165, 1.54) is 30.6 Å². The Bertz CT molecular complexity index is 552. The summed E-state index contributed by atoms with van der Waals surface area (Å²) >= 11 is 0. The summed E-state index contributed by atoms with van der Waals surface area (Å²) in [5, 5.41) is 6.64. The zero-order chi connectivity index (χ0) is 19.3. The van der Waals surface area contributed by atoms with Gasteiger partial charge < -0.3 is 20.3 Å². The number of benzene rings is 1. The molecule has 1 aliphatic heterocycles. The molecule has 0 spiro atoms. The maximum atomic E-state index is 5.08. The van der Waals surface area contributed by atoms with Gasteiger partial charge in [-0.15, -0.1) is 24.0 Å². The van der Waals surface area contributed by atoms with Crippen LogP contribution in [0.3, 0.4) is 0 Å². The number of methoxy groups -OCH3 is 1. The smallest absolute Gasteiger partial charge is 0.191 e. The van der Waals surface area contributed by atoms with Crippen LogP contribution in [0.4, 0.5) is 0 Å². The Morgan fingerprint density at radius 2 is 1.82 bits per heavy atom. The molecule has 28 heavy (non-hydrogen) atoms. The van der Waals surface area contributed by atoms with Crippen molar-refractivity contribution in [1.29, 1.82) is 0 Å². The molecule has 2 N–H and O–H groups in total. The van der Waals surface area contributed by atoms with Crippen molar-refractivity contribution in [3.8, 4) is 0 Å². The fourth-order valence-electron chi connectivity index (χ4n) is 3.20. The molecule has 6 nitrogen and oxygen atoms in total. The molecule has 2 rings (SSSR count). The Balaban J connectivity index is 0.00000392. The minimum absolute atomic E-state index is 0. The molecule has 0 aliphatic carbocycles. The molecule has 160 valence electrons. The summed E-state index contributed by atoms with van der Waals surface area (Å²) in [6.45, 7) is 11.0. The number of nitrogens with zero attached hydrogens (tertiary/aromatic N) is 3. The van der Waals surface area contributed by atoms with E-state index in [0.717, 1.165) is 51.7 Å². The number of ether oxygens (including phenoxy) is 1. The first-order valence-corrected chi connectivity index (χ1v) is 10.2. The van der Waals surface area contributed by atoms with Crippen molar-refractivity contribution < 1.29 is 4.74 Å². The van der Waals surface area contributed by atoms with Crippen LogP contribution < -0.4 is 10.6 Å². The maximum Gasteiger partial charge on any atom is 0.191 e. The Morgan fingerprint density at radius 3 is 2.54 bits per heavy atom. The van der Waals surface area contributed by atoms with Crippen LogP contribution in [0, 0.1) is 0 Å². The predicted molar refractivity (Wildman–Crippen MR) is 129 cm³/mol. The lowest BCUT2D eigenvalue weighted by Crippen LogP contribution is -2.38. The van der Waals surface area contributed by atoms with Gasteiger partial charge in [-0.25, -0.2) is 4.99 Å². The van der Waals surface area contributed by atoms with Crippen molar-refractivity contribution in [3.63, 3.8) is 0 Å². The first-order valence-electron chi connectivity index (χ1n) is 10.2. The largest absolute Gasteiger partial charge is 0.385 e. The van der Waals surface area contributed by atoms with Crippen LogP contribution in [-0.4, -0.2) is 75.8 Å². The molecule has 1 fully saturated rings. The SMILES string of the molecule is CCNC(=NCc1ccc(CN2CCCN(C)CC2)cc1)NCCCOC.I. The molecular weight excluding hydrogens is 465 g/mol. The van der Waals surface area contributed by atoms with Crippen molar-refractivity contribution in [2.75, 3.05) is 60.0 Å². The van der Waals surface area contributed by atoms with Gasteiger partial charge in [-0.2, -0.15) is 0 Å². The summed E-state index contributed by atoms with van der Waals surface area (Å²) in [7, 11) is 3.95.